The lowest BCUT2D eigenvalue weighted by Crippen LogP contribution is -2.15. The monoisotopic (exact) mass is 297 g/mol. The average Bonchev–Trinajstić information content (AvgIpc) is 2.50. The molecular formula is C19H23NO2. The van der Waals surface area contributed by atoms with Crippen molar-refractivity contribution in [2.24, 2.45) is 0 Å². The third-order valence-electron chi connectivity index (χ3n) is 3.50. The molecule has 3 heteroatoms. The maximum atomic E-state index is 12.2. The van der Waals surface area contributed by atoms with Crippen LogP contribution in [0, 0.1) is 6.92 Å². The normalized spacial score (nSPS) is 10.3. The first-order chi connectivity index (χ1) is 10.7. The zero-order valence-corrected chi connectivity index (χ0v) is 13.3. The van der Waals surface area contributed by atoms with Gasteiger partial charge in [-0.15, -0.1) is 0 Å². The number of rotatable bonds is 7. The molecule has 3 nitrogen and oxygen atoms in total. The fourth-order valence-corrected chi connectivity index (χ4v) is 2.18. The Morgan fingerprint density at radius 2 is 1.95 bits per heavy atom. The van der Waals surface area contributed by atoms with Crippen molar-refractivity contribution in [3.05, 3.63) is 59.7 Å². The molecule has 0 bridgehead atoms. The maximum Gasteiger partial charge on any atom is 0.228 e. The Morgan fingerprint density at radius 1 is 1.14 bits per heavy atom. The summed E-state index contributed by atoms with van der Waals surface area (Å²) in [4.78, 5) is 12.2. The third kappa shape index (κ3) is 4.92. The third-order valence-corrected chi connectivity index (χ3v) is 3.50. The van der Waals surface area contributed by atoms with Gasteiger partial charge in [-0.1, -0.05) is 43.7 Å². The summed E-state index contributed by atoms with van der Waals surface area (Å²) in [5, 5.41) is 2.93. The molecule has 0 saturated heterocycles. The van der Waals surface area contributed by atoms with E-state index in [0.717, 1.165) is 35.4 Å². The van der Waals surface area contributed by atoms with Crippen LogP contribution in [-0.4, -0.2) is 12.5 Å². The molecule has 0 spiro atoms. The van der Waals surface area contributed by atoms with E-state index in [9.17, 15) is 4.79 Å². The first kappa shape index (κ1) is 16.1. The van der Waals surface area contributed by atoms with E-state index in [-0.39, 0.29) is 5.91 Å². The molecule has 0 atom stereocenters. The van der Waals surface area contributed by atoms with Crippen LogP contribution in [0.5, 0.6) is 5.75 Å². The SMILES string of the molecule is CCCCOc1cccc(NC(=O)Cc2ccccc2C)c1. The number of carbonyl (C=O) groups is 1. The van der Waals surface area contributed by atoms with Gasteiger partial charge in [0.1, 0.15) is 5.75 Å². The quantitative estimate of drug-likeness (QED) is 0.771. The van der Waals surface area contributed by atoms with Crippen LogP contribution in [0.25, 0.3) is 0 Å². The van der Waals surface area contributed by atoms with E-state index < -0.39 is 0 Å². The highest BCUT2D eigenvalue weighted by Crippen LogP contribution is 2.18. The van der Waals surface area contributed by atoms with Gasteiger partial charge in [0.05, 0.1) is 13.0 Å². The molecule has 0 aliphatic carbocycles. The molecule has 0 radical (unpaired) electrons. The number of benzene rings is 2. The van der Waals surface area contributed by atoms with Gasteiger partial charge in [0, 0.05) is 11.8 Å². The van der Waals surface area contributed by atoms with Gasteiger partial charge in [-0.25, -0.2) is 0 Å². The molecule has 1 amide bonds. The number of unbranched alkanes of at least 4 members (excludes halogenated alkanes) is 1. The summed E-state index contributed by atoms with van der Waals surface area (Å²) in [6.45, 7) is 4.85. The lowest BCUT2D eigenvalue weighted by molar-refractivity contribution is -0.115. The minimum absolute atomic E-state index is 0.0139. The zero-order chi connectivity index (χ0) is 15.8. The number of nitrogens with one attached hydrogen (secondary N) is 1. The van der Waals surface area contributed by atoms with E-state index in [1.165, 1.54) is 0 Å². The van der Waals surface area contributed by atoms with Crippen LogP contribution in [0.4, 0.5) is 5.69 Å². The summed E-state index contributed by atoms with van der Waals surface area (Å²) in [7, 11) is 0. The molecule has 0 aliphatic heterocycles. The highest BCUT2D eigenvalue weighted by Gasteiger charge is 2.06. The highest BCUT2D eigenvalue weighted by atomic mass is 16.5. The van der Waals surface area contributed by atoms with Crippen LogP contribution in [0.2, 0.25) is 0 Å². The molecule has 0 unspecified atom stereocenters. The van der Waals surface area contributed by atoms with Gasteiger partial charge in [0.25, 0.3) is 0 Å². The van der Waals surface area contributed by atoms with Crippen molar-refractivity contribution >= 4 is 11.6 Å². The van der Waals surface area contributed by atoms with E-state index >= 15 is 0 Å². The predicted octanol–water partition coefficient (Wildman–Crippen LogP) is 4.36. The molecule has 2 aromatic rings. The van der Waals surface area contributed by atoms with Crippen molar-refractivity contribution < 1.29 is 9.53 Å². The van der Waals surface area contributed by atoms with Crippen LogP contribution in [-0.2, 0) is 11.2 Å². The number of anilines is 1. The minimum Gasteiger partial charge on any atom is -0.494 e. The van der Waals surface area contributed by atoms with Gasteiger partial charge in [-0.05, 0) is 36.6 Å². The van der Waals surface area contributed by atoms with E-state index in [4.69, 9.17) is 4.74 Å². The average molecular weight is 297 g/mol. The van der Waals surface area contributed by atoms with E-state index in [0.29, 0.717) is 13.0 Å². The maximum absolute atomic E-state index is 12.2. The smallest absolute Gasteiger partial charge is 0.228 e. The van der Waals surface area contributed by atoms with Gasteiger partial charge < -0.3 is 10.1 Å². The standard InChI is InChI=1S/C19H23NO2/c1-3-4-12-22-18-11-7-10-17(14-18)20-19(21)13-16-9-6-5-8-15(16)2/h5-11,14H,3-4,12-13H2,1-2H3,(H,20,21). The largest absolute Gasteiger partial charge is 0.494 e. The van der Waals surface area contributed by atoms with Crippen molar-refractivity contribution in [1.29, 1.82) is 0 Å². The molecule has 0 aliphatic rings. The molecule has 0 heterocycles. The molecule has 22 heavy (non-hydrogen) atoms. The van der Waals surface area contributed by atoms with Crippen LogP contribution in [0.1, 0.15) is 30.9 Å². The summed E-state index contributed by atoms with van der Waals surface area (Å²) < 4.78 is 5.65. The topological polar surface area (TPSA) is 38.3 Å². The summed E-state index contributed by atoms with van der Waals surface area (Å²) in [6.07, 6.45) is 2.52. The number of amides is 1. The van der Waals surface area contributed by atoms with E-state index in [2.05, 4.69) is 12.2 Å². The van der Waals surface area contributed by atoms with Crippen LogP contribution >= 0.6 is 0 Å². The van der Waals surface area contributed by atoms with Gasteiger partial charge in [0.15, 0.2) is 0 Å². The predicted molar refractivity (Wildman–Crippen MR) is 90.4 cm³/mol. The van der Waals surface area contributed by atoms with Gasteiger partial charge in [0.2, 0.25) is 5.91 Å². The molecule has 2 rings (SSSR count). The number of ether oxygens (including phenoxy) is 1. The Hall–Kier alpha value is -2.29. The second-order valence-electron chi connectivity index (χ2n) is 5.38. The molecule has 0 fully saturated rings. The van der Waals surface area contributed by atoms with Crippen LogP contribution < -0.4 is 10.1 Å². The van der Waals surface area contributed by atoms with Crippen LogP contribution in [0.3, 0.4) is 0 Å². The summed E-state index contributed by atoms with van der Waals surface area (Å²) >= 11 is 0. The Balaban J connectivity index is 1.94. The number of aryl methyl sites for hydroxylation is 1. The van der Waals surface area contributed by atoms with Gasteiger partial charge >= 0.3 is 0 Å². The number of hydrogen-bond donors (Lipinski definition) is 1. The number of hydrogen-bond acceptors (Lipinski definition) is 2. The number of carbonyl (C=O) groups excluding carboxylic acids is 1. The lowest BCUT2D eigenvalue weighted by Gasteiger charge is -2.10. The summed E-state index contributed by atoms with van der Waals surface area (Å²) in [5.41, 5.74) is 2.96. The van der Waals surface area contributed by atoms with Gasteiger partial charge in [-0.3, -0.25) is 4.79 Å². The fourth-order valence-electron chi connectivity index (χ4n) is 2.18. The zero-order valence-electron chi connectivity index (χ0n) is 13.3. The Labute approximate surface area is 132 Å². The lowest BCUT2D eigenvalue weighted by atomic mass is 10.1. The van der Waals surface area contributed by atoms with Gasteiger partial charge in [-0.2, -0.15) is 0 Å². The second-order valence-corrected chi connectivity index (χ2v) is 5.38. The molecule has 0 aromatic heterocycles. The molecule has 0 saturated carbocycles. The van der Waals surface area contributed by atoms with Crippen LogP contribution in [0.15, 0.2) is 48.5 Å². The minimum atomic E-state index is -0.0139. The second kappa shape index (κ2) is 8.23. The van der Waals surface area contributed by atoms with E-state index in [1.54, 1.807) is 0 Å². The molecular weight excluding hydrogens is 274 g/mol. The molecule has 116 valence electrons. The summed E-state index contributed by atoms with van der Waals surface area (Å²) in [6, 6.07) is 15.5. The first-order valence-electron chi connectivity index (χ1n) is 7.76. The first-order valence-corrected chi connectivity index (χ1v) is 7.76. The highest BCUT2D eigenvalue weighted by molar-refractivity contribution is 5.92. The fraction of sp³-hybridized carbons (Fsp3) is 0.316. The molecule has 2 aromatic carbocycles. The Kier molecular flexibility index (Phi) is 6.01. The summed E-state index contributed by atoms with van der Waals surface area (Å²) in [5.74, 6) is 0.780. The Morgan fingerprint density at radius 3 is 2.73 bits per heavy atom. The van der Waals surface area contributed by atoms with E-state index in [1.807, 2.05) is 55.5 Å². The van der Waals surface area contributed by atoms with Crippen molar-refractivity contribution in [2.75, 3.05) is 11.9 Å². The Bertz CT molecular complexity index is 622. The van der Waals surface area contributed by atoms with Crippen molar-refractivity contribution in [1.82, 2.24) is 0 Å². The van der Waals surface area contributed by atoms with Crippen molar-refractivity contribution in [3.8, 4) is 5.75 Å². The van der Waals surface area contributed by atoms with Crippen molar-refractivity contribution in [2.45, 2.75) is 33.1 Å². The van der Waals surface area contributed by atoms with Crippen molar-refractivity contribution in [3.63, 3.8) is 0 Å². The molecule has 1 N–H and O–H groups in total.